The van der Waals surface area contributed by atoms with E-state index < -0.39 is 0 Å². The molecule has 6 nitrogen and oxygen atoms in total. The lowest BCUT2D eigenvalue weighted by molar-refractivity contribution is 0.101. The summed E-state index contributed by atoms with van der Waals surface area (Å²) in [7, 11) is 0. The fraction of sp³-hybridized carbons (Fsp3) is 0. The molecule has 0 atom stereocenters. The van der Waals surface area contributed by atoms with Gasteiger partial charge >= 0.3 is 0 Å². The van der Waals surface area contributed by atoms with Crippen molar-refractivity contribution in [2.45, 2.75) is 0 Å². The first kappa shape index (κ1) is 10.4. The van der Waals surface area contributed by atoms with Crippen LogP contribution in [0.2, 0.25) is 0 Å². The zero-order chi connectivity index (χ0) is 12.4. The average Bonchev–Trinajstić information content (AvgIpc) is 2.87. The SMILES string of the molecule is O=C(Nn1cnc2ncnc-2c1)c1ccccc1. The fourth-order valence-electron chi connectivity index (χ4n) is 1.57. The van der Waals surface area contributed by atoms with E-state index in [4.69, 9.17) is 0 Å². The number of hydrogen-bond acceptors (Lipinski definition) is 4. The van der Waals surface area contributed by atoms with Crippen molar-refractivity contribution in [3.63, 3.8) is 0 Å². The van der Waals surface area contributed by atoms with Crippen molar-refractivity contribution < 1.29 is 4.79 Å². The fourth-order valence-corrected chi connectivity index (χ4v) is 1.57. The maximum Gasteiger partial charge on any atom is 0.270 e. The molecule has 0 spiro atoms. The molecule has 0 unspecified atom stereocenters. The number of aromatic nitrogens is 4. The molecule has 2 aliphatic rings. The lowest BCUT2D eigenvalue weighted by Crippen LogP contribution is -2.23. The molecule has 0 aromatic heterocycles. The van der Waals surface area contributed by atoms with Gasteiger partial charge in [-0.3, -0.25) is 10.2 Å². The molecule has 0 saturated heterocycles. The standard InChI is InChI=1S/C12H9N5O/c18-12(9-4-2-1-3-5-9)16-17-6-10-11(15-8-17)14-7-13-10/h1-8H,(H,16,18). The summed E-state index contributed by atoms with van der Waals surface area (Å²) < 4.78 is 1.46. The first-order chi connectivity index (χ1) is 8.83. The molecule has 2 heterocycles. The summed E-state index contributed by atoms with van der Waals surface area (Å²) >= 11 is 0. The summed E-state index contributed by atoms with van der Waals surface area (Å²) in [5.74, 6) is 0.349. The van der Waals surface area contributed by atoms with Crippen LogP contribution in [0.1, 0.15) is 10.4 Å². The van der Waals surface area contributed by atoms with Gasteiger partial charge in [0.15, 0.2) is 5.82 Å². The monoisotopic (exact) mass is 239 g/mol. The van der Waals surface area contributed by atoms with Gasteiger partial charge < -0.3 is 0 Å². The van der Waals surface area contributed by atoms with E-state index in [1.54, 1.807) is 18.3 Å². The average molecular weight is 239 g/mol. The van der Waals surface area contributed by atoms with E-state index >= 15 is 0 Å². The van der Waals surface area contributed by atoms with Crippen LogP contribution in [0.5, 0.6) is 0 Å². The number of carbonyl (C=O) groups is 1. The van der Waals surface area contributed by atoms with Gasteiger partial charge in [0.1, 0.15) is 18.3 Å². The number of hydrogen-bond donors (Lipinski definition) is 1. The Kier molecular flexibility index (Phi) is 2.45. The number of benzene rings is 1. The van der Waals surface area contributed by atoms with Crippen molar-refractivity contribution in [1.29, 1.82) is 0 Å². The molecular formula is C12H9N5O. The largest absolute Gasteiger partial charge is 0.270 e. The van der Waals surface area contributed by atoms with Crippen LogP contribution >= 0.6 is 0 Å². The van der Waals surface area contributed by atoms with Crippen LogP contribution in [0.4, 0.5) is 0 Å². The van der Waals surface area contributed by atoms with Gasteiger partial charge in [-0.25, -0.2) is 19.6 Å². The molecule has 0 aliphatic carbocycles. The van der Waals surface area contributed by atoms with E-state index in [-0.39, 0.29) is 5.91 Å². The van der Waals surface area contributed by atoms with E-state index in [9.17, 15) is 4.79 Å². The minimum absolute atomic E-state index is 0.207. The lowest BCUT2D eigenvalue weighted by Gasteiger charge is -2.08. The molecule has 18 heavy (non-hydrogen) atoms. The number of fused-ring (bicyclic) bond motifs is 1. The number of imidazole rings is 1. The van der Waals surface area contributed by atoms with E-state index in [0.29, 0.717) is 17.1 Å². The molecule has 0 saturated carbocycles. The van der Waals surface area contributed by atoms with E-state index in [1.165, 1.54) is 17.3 Å². The Hall–Kier alpha value is -2.76. The third kappa shape index (κ3) is 1.91. The van der Waals surface area contributed by atoms with Gasteiger partial charge in [-0.2, -0.15) is 0 Å². The van der Waals surface area contributed by atoms with Crippen LogP contribution in [0.15, 0.2) is 49.2 Å². The van der Waals surface area contributed by atoms with Gasteiger partial charge in [0.25, 0.3) is 5.91 Å². The minimum atomic E-state index is -0.207. The zero-order valence-electron chi connectivity index (χ0n) is 9.32. The molecule has 6 heteroatoms. The van der Waals surface area contributed by atoms with Crippen LogP contribution in [-0.2, 0) is 0 Å². The molecule has 0 radical (unpaired) electrons. The molecule has 1 aromatic carbocycles. The lowest BCUT2D eigenvalue weighted by atomic mass is 10.2. The van der Waals surface area contributed by atoms with Crippen LogP contribution < -0.4 is 5.43 Å². The molecule has 2 aliphatic heterocycles. The first-order valence-corrected chi connectivity index (χ1v) is 5.34. The highest BCUT2D eigenvalue weighted by Gasteiger charge is 2.09. The summed E-state index contributed by atoms with van der Waals surface area (Å²) in [6.07, 6.45) is 4.58. The smallest absolute Gasteiger partial charge is 0.267 e. The predicted molar refractivity (Wildman–Crippen MR) is 64.6 cm³/mol. The number of nitrogens with zero attached hydrogens (tertiary/aromatic N) is 4. The Balaban J connectivity index is 1.85. The van der Waals surface area contributed by atoms with Gasteiger partial charge in [-0.1, -0.05) is 18.2 Å². The van der Waals surface area contributed by atoms with Gasteiger partial charge in [0.2, 0.25) is 0 Å². The Morgan fingerprint density at radius 1 is 1.11 bits per heavy atom. The Bertz CT molecular complexity index is 649. The van der Waals surface area contributed by atoms with Crippen molar-refractivity contribution in [2.24, 2.45) is 0 Å². The highest BCUT2D eigenvalue weighted by Crippen LogP contribution is 2.10. The Morgan fingerprint density at radius 2 is 1.94 bits per heavy atom. The highest BCUT2D eigenvalue weighted by molar-refractivity contribution is 5.99. The first-order valence-electron chi connectivity index (χ1n) is 5.34. The maximum absolute atomic E-state index is 11.9. The van der Waals surface area contributed by atoms with E-state index in [2.05, 4.69) is 20.4 Å². The number of carbonyl (C=O) groups excluding carboxylic acids is 1. The van der Waals surface area contributed by atoms with Gasteiger partial charge in [-0.15, -0.1) is 0 Å². The molecule has 3 rings (SSSR count). The third-order valence-corrected chi connectivity index (χ3v) is 2.44. The molecule has 0 bridgehead atoms. The molecule has 1 aromatic rings. The van der Waals surface area contributed by atoms with Crippen molar-refractivity contribution in [1.82, 2.24) is 19.6 Å². The molecule has 1 N–H and O–H groups in total. The van der Waals surface area contributed by atoms with Gasteiger partial charge in [0.05, 0.1) is 6.20 Å². The molecule has 1 amide bonds. The second-order valence-electron chi connectivity index (χ2n) is 3.67. The molecule has 88 valence electrons. The predicted octanol–water partition coefficient (Wildman–Crippen LogP) is 1.16. The Labute approximate surface area is 103 Å². The van der Waals surface area contributed by atoms with Gasteiger partial charge in [-0.05, 0) is 12.1 Å². The summed E-state index contributed by atoms with van der Waals surface area (Å²) in [6, 6.07) is 8.96. The van der Waals surface area contributed by atoms with Crippen molar-refractivity contribution in [3.8, 4) is 11.5 Å². The second-order valence-corrected chi connectivity index (χ2v) is 3.67. The second kappa shape index (κ2) is 4.25. The minimum Gasteiger partial charge on any atom is -0.267 e. The quantitative estimate of drug-likeness (QED) is 0.728. The third-order valence-electron chi connectivity index (χ3n) is 2.44. The topological polar surface area (TPSA) is 72.7 Å². The van der Waals surface area contributed by atoms with Crippen LogP contribution in [-0.4, -0.2) is 25.5 Å². The number of amides is 1. The van der Waals surface area contributed by atoms with Crippen molar-refractivity contribution >= 4 is 5.91 Å². The molecule has 0 fully saturated rings. The summed E-state index contributed by atoms with van der Waals surface area (Å²) in [4.78, 5) is 23.9. The number of nitrogens with one attached hydrogen (secondary N) is 1. The Morgan fingerprint density at radius 3 is 2.78 bits per heavy atom. The maximum atomic E-state index is 11.9. The zero-order valence-corrected chi connectivity index (χ0v) is 9.32. The number of rotatable bonds is 2. The van der Waals surface area contributed by atoms with Crippen molar-refractivity contribution in [2.75, 3.05) is 5.43 Å². The van der Waals surface area contributed by atoms with E-state index in [1.807, 2.05) is 18.2 Å². The molecular weight excluding hydrogens is 230 g/mol. The van der Waals surface area contributed by atoms with Crippen molar-refractivity contribution in [3.05, 3.63) is 54.7 Å². The van der Waals surface area contributed by atoms with Crippen LogP contribution in [0.25, 0.3) is 11.5 Å². The summed E-state index contributed by atoms with van der Waals surface area (Å²) in [5, 5.41) is 0. The summed E-state index contributed by atoms with van der Waals surface area (Å²) in [5.41, 5.74) is 3.90. The van der Waals surface area contributed by atoms with Crippen LogP contribution in [0, 0.1) is 0 Å². The van der Waals surface area contributed by atoms with E-state index in [0.717, 1.165) is 0 Å². The van der Waals surface area contributed by atoms with Crippen LogP contribution in [0.3, 0.4) is 0 Å². The van der Waals surface area contributed by atoms with Gasteiger partial charge in [0, 0.05) is 5.56 Å². The normalized spacial score (nSPS) is 10.4. The highest BCUT2D eigenvalue weighted by atomic mass is 16.2. The summed E-state index contributed by atoms with van der Waals surface area (Å²) in [6.45, 7) is 0.